The van der Waals surface area contributed by atoms with E-state index in [-0.39, 0.29) is 12.4 Å². The number of benzene rings is 2. The molecule has 0 aliphatic carbocycles. The highest BCUT2D eigenvalue weighted by Crippen LogP contribution is 2.25. The van der Waals surface area contributed by atoms with Gasteiger partial charge in [0.2, 0.25) is 0 Å². The van der Waals surface area contributed by atoms with Gasteiger partial charge >= 0.3 is 5.97 Å². The number of hydrogen-bond acceptors (Lipinski definition) is 6. The zero-order valence-electron chi connectivity index (χ0n) is 15.8. The van der Waals surface area contributed by atoms with Gasteiger partial charge in [-0.25, -0.2) is 4.79 Å². The van der Waals surface area contributed by atoms with Crippen LogP contribution in [0, 0.1) is 0 Å². The number of Topliss-reactive ketones (excluding diaryl/α,β-unsaturated/α-hetero) is 1. The van der Waals surface area contributed by atoms with Crippen molar-refractivity contribution in [3.05, 3.63) is 60.2 Å². The van der Waals surface area contributed by atoms with E-state index in [0.29, 0.717) is 17.9 Å². The number of carbonyl (C=O) groups excluding carboxylic acids is 3. The molecule has 0 aliphatic heterocycles. The van der Waals surface area contributed by atoms with Crippen molar-refractivity contribution in [2.45, 2.75) is 19.4 Å². The molecule has 28 heavy (non-hydrogen) atoms. The predicted octanol–water partition coefficient (Wildman–Crippen LogP) is 1.93. The van der Waals surface area contributed by atoms with Crippen molar-refractivity contribution in [3.63, 3.8) is 0 Å². The summed E-state index contributed by atoms with van der Waals surface area (Å²) in [6, 6.07) is 15.5. The smallest absolute Gasteiger partial charge is 0.344 e. The molecule has 0 spiro atoms. The van der Waals surface area contributed by atoms with Gasteiger partial charge in [-0.3, -0.25) is 9.59 Å². The minimum absolute atomic E-state index is 0.178. The lowest BCUT2D eigenvalue weighted by molar-refractivity contribution is -0.150. The maximum absolute atomic E-state index is 12.0. The number of para-hydroxylation sites is 2. The van der Waals surface area contributed by atoms with Gasteiger partial charge in [-0.2, -0.15) is 0 Å². The molecule has 7 nitrogen and oxygen atoms in total. The van der Waals surface area contributed by atoms with Crippen molar-refractivity contribution < 1.29 is 28.6 Å². The SMILES string of the molecule is COc1ccccc1OCC(=O)OCC(=O)N[C@@H](Cc1ccccc1)C(C)=O. The summed E-state index contributed by atoms with van der Waals surface area (Å²) in [7, 11) is 1.49. The maximum atomic E-state index is 12.0. The lowest BCUT2D eigenvalue weighted by Gasteiger charge is -2.16. The molecule has 1 atom stereocenters. The second kappa shape index (κ2) is 10.7. The molecule has 0 saturated heterocycles. The van der Waals surface area contributed by atoms with Crippen LogP contribution in [0.2, 0.25) is 0 Å². The Balaban J connectivity index is 1.78. The Morgan fingerprint density at radius 3 is 2.21 bits per heavy atom. The van der Waals surface area contributed by atoms with Gasteiger partial charge in [0.15, 0.2) is 30.5 Å². The zero-order chi connectivity index (χ0) is 20.4. The number of ether oxygens (including phenoxy) is 3. The van der Waals surface area contributed by atoms with Crippen LogP contribution >= 0.6 is 0 Å². The number of nitrogens with one attached hydrogen (secondary N) is 1. The fraction of sp³-hybridized carbons (Fsp3) is 0.286. The van der Waals surface area contributed by atoms with Crippen LogP contribution in [0.3, 0.4) is 0 Å². The van der Waals surface area contributed by atoms with Crippen LogP contribution in [-0.2, 0) is 25.5 Å². The fourth-order valence-electron chi connectivity index (χ4n) is 2.44. The molecule has 0 fully saturated rings. The number of rotatable bonds is 10. The molecule has 2 aromatic carbocycles. The van der Waals surface area contributed by atoms with E-state index in [2.05, 4.69) is 5.32 Å². The van der Waals surface area contributed by atoms with Gasteiger partial charge < -0.3 is 19.5 Å². The minimum atomic E-state index is -0.705. The van der Waals surface area contributed by atoms with Crippen molar-refractivity contribution in [3.8, 4) is 11.5 Å². The first kappa shape index (κ1) is 21.0. The fourth-order valence-corrected chi connectivity index (χ4v) is 2.44. The van der Waals surface area contributed by atoms with E-state index in [9.17, 15) is 14.4 Å². The first-order valence-corrected chi connectivity index (χ1v) is 8.74. The summed E-state index contributed by atoms with van der Waals surface area (Å²) in [6.07, 6.45) is 0.368. The lowest BCUT2D eigenvalue weighted by atomic mass is 10.0. The summed E-state index contributed by atoms with van der Waals surface area (Å²) in [6.45, 7) is 0.543. The molecular formula is C21H23NO6. The molecule has 0 bridgehead atoms. The maximum Gasteiger partial charge on any atom is 0.344 e. The van der Waals surface area contributed by atoms with Gasteiger partial charge in [0.1, 0.15) is 0 Å². The highest BCUT2D eigenvalue weighted by molar-refractivity contribution is 5.88. The normalized spacial score (nSPS) is 11.2. The molecule has 0 unspecified atom stereocenters. The summed E-state index contributed by atoms with van der Waals surface area (Å²) >= 11 is 0. The van der Waals surface area contributed by atoms with Crippen LogP contribution in [0.4, 0.5) is 0 Å². The average molecular weight is 385 g/mol. The Kier molecular flexibility index (Phi) is 8.02. The van der Waals surface area contributed by atoms with Crippen LogP contribution in [-0.4, -0.2) is 44.0 Å². The lowest BCUT2D eigenvalue weighted by Crippen LogP contribution is -2.43. The molecule has 0 saturated carbocycles. The number of ketones is 1. The van der Waals surface area contributed by atoms with Gasteiger partial charge in [0.05, 0.1) is 13.2 Å². The van der Waals surface area contributed by atoms with Crippen molar-refractivity contribution in [1.29, 1.82) is 0 Å². The molecule has 0 aliphatic rings. The number of hydrogen-bond donors (Lipinski definition) is 1. The van der Waals surface area contributed by atoms with E-state index in [0.717, 1.165) is 5.56 Å². The van der Waals surface area contributed by atoms with E-state index in [4.69, 9.17) is 14.2 Å². The topological polar surface area (TPSA) is 90.9 Å². The predicted molar refractivity (Wildman–Crippen MR) is 102 cm³/mol. The van der Waals surface area contributed by atoms with Crippen LogP contribution in [0.1, 0.15) is 12.5 Å². The number of methoxy groups -OCH3 is 1. The Morgan fingerprint density at radius 2 is 1.57 bits per heavy atom. The largest absolute Gasteiger partial charge is 0.493 e. The minimum Gasteiger partial charge on any atom is -0.493 e. The number of amides is 1. The second-order valence-electron chi connectivity index (χ2n) is 6.02. The van der Waals surface area contributed by atoms with Crippen molar-refractivity contribution in [1.82, 2.24) is 5.32 Å². The third-order valence-electron chi connectivity index (χ3n) is 3.89. The Labute approximate surface area is 163 Å². The first-order chi connectivity index (χ1) is 13.5. The Morgan fingerprint density at radius 1 is 0.929 bits per heavy atom. The van der Waals surface area contributed by atoms with Crippen LogP contribution in [0.25, 0.3) is 0 Å². The summed E-state index contributed by atoms with van der Waals surface area (Å²) < 4.78 is 15.4. The van der Waals surface area contributed by atoms with E-state index in [1.54, 1.807) is 24.3 Å². The molecule has 1 N–H and O–H groups in total. The molecule has 0 aromatic heterocycles. The van der Waals surface area contributed by atoms with Crippen molar-refractivity contribution in [2.24, 2.45) is 0 Å². The zero-order valence-corrected chi connectivity index (χ0v) is 15.8. The van der Waals surface area contributed by atoms with E-state index in [1.807, 2.05) is 30.3 Å². The van der Waals surface area contributed by atoms with E-state index < -0.39 is 24.5 Å². The molecule has 2 rings (SSSR count). The summed E-state index contributed by atoms with van der Waals surface area (Å²) in [5, 5.41) is 2.59. The molecule has 7 heteroatoms. The van der Waals surface area contributed by atoms with E-state index >= 15 is 0 Å². The summed E-state index contributed by atoms with van der Waals surface area (Å²) in [5.41, 5.74) is 0.921. The van der Waals surface area contributed by atoms with Crippen molar-refractivity contribution >= 4 is 17.7 Å². The molecular weight excluding hydrogens is 362 g/mol. The van der Waals surface area contributed by atoms with Gasteiger partial charge in [-0.15, -0.1) is 0 Å². The monoisotopic (exact) mass is 385 g/mol. The standard InChI is InChI=1S/C21H23NO6/c1-15(23)17(12-16-8-4-3-5-9-16)22-20(24)13-28-21(25)14-27-19-11-7-6-10-18(19)26-2/h3-11,17H,12-14H2,1-2H3,(H,22,24)/t17-/m0/s1. The molecule has 0 radical (unpaired) electrons. The van der Waals surface area contributed by atoms with Gasteiger partial charge in [-0.05, 0) is 31.0 Å². The van der Waals surface area contributed by atoms with Crippen LogP contribution in [0.5, 0.6) is 11.5 Å². The highest BCUT2D eigenvalue weighted by atomic mass is 16.6. The molecule has 1 amide bonds. The summed E-state index contributed by atoms with van der Waals surface area (Å²) in [4.78, 5) is 35.6. The first-order valence-electron chi connectivity index (χ1n) is 8.74. The summed E-state index contributed by atoms with van der Waals surface area (Å²) in [5.74, 6) is -0.558. The van der Waals surface area contributed by atoms with Crippen LogP contribution in [0.15, 0.2) is 54.6 Å². The average Bonchev–Trinajstić information content (AvgIpc) is 2.71. The third kappa shape index (κ3) is 6.75. The van der Waals surface area contributed by atoms with Gasteiger partial charge in [0.25, 0.3) is 5.91 Å². The van der Waals surface area contributed by atoms with Crippen molar-refractivity contribution in [2.75, 3.05) is 20.3 Å². The third-order valence-corrected chi connectivity index (χ3v) is 3.89. The Bertz CT molecular complexity index is 806. The molecule has 2 aromatic rings. The van der Waals surface area contributed by atoms with Gasteiger partial charge in [-0.1, -0.05) is 42.5 Å². The van der Waals surface area contributed by atoms with E-state index in [1.165, 1.54) is 14.0 Å². The Hall–Kier alpha value is -3.35. The van der Waals surface area contributed by atoms with Crippen LogP contribution < -0.4 is 14.8 Å². The second-order valence-corrected chi connectivity index (χ2v) is 6.02. The molecule has 0 heterocycles. The molecule has 148 valence electrons. The highest BCUT2D eigenvalue weighted by Gasteiger charge is 2.18. The van der Waals surface area contributed by atoms with Gasteiger partial charge in [0, 0.05) is 0 Å². The number of carbonyl (C=O) groups is 3. The quantitative estimate of drug-likeness (QED) is 0.629. The number of esters is 1.